The topological polar surface area (TPSA) is 12.0 Å². The summed E-state index contributed by atoms with van der Waals surface area (Å²) >= 11 is 3.52. The predicted molar refractivity (Wildman–Crippen MR) is 95.0 cm³/mol. The van der Waals surface area contributed by atoms with E-state index in [9.17, 15) is 0 Å². The fourth-order valence-corrected chi connectivity index (χ4v) is 2.91. The van der Waals surface area contributed by atoms with Gasteiger partial charge in [-0.15, -0.1) is 0 Å². The highest BCUT2D eigenvalue weighted by molar-refractivity contribution is 9.10. The summed E-state index contributed by atoms with van der Waals surface area (Å²) in [5.74, 6) is 0.513. The maximum atomic E-state index is 3.52. The minimum Gasteiger partial charge on any atom is -0.316 e. The fraction of sp³-hybridized carbons (Fsp3) is 0.368. The van der Waals surface area contributed by atoms with Crippen LogP contribution in [-0.4, -0.2) is 13.1 Å². The van der Waals surface area contributed by atoms with E-state index in [-0.39, 0.29) is 0 Å². The third-order valence-electron chi connectivity index (χ3n) is 3.95. The van der Waals surface area contributed by atoms with Gasteiger partial charge in [0.25, 0.3) is 0 Å². The molecule has 2 aromatic carbocycles. The van der Waals surface area contributed by atoms with Crippen LogP contribution in [0.3, 0.4) is 0 Å². The molecule has 2 aromatic rings. The van der Waals surface area contributed by atoms with Gasteiger partial charge in [0.15, 0.2) is 0 Å². The molecule has 1 atom stereocenters. The van der Waals surface area contributed by atoms with Crippen LogP contribution in [0.4, 0.5) is 0 Å². The average molecular weight is 346 g/mol. The zero-order valence-corrected chi connectivity index (χ0v) is 14.7. The van der Waals surface area contributed by atoms with E-state index in [1.807, 2.05) is 0 Å². The second-order valence-electron chi connectivity index (χ2n) is 5.69. The molecule has 0 heterocycles. The molecule has 0 amide bonds. The molecule has 112 valence electrons. The van der Waals surface area contributed by atoms with E-state index in [0.717, 1.165) is 24.0 Å². The number of rotatable bonds is 6. The first-order valence-electron chi connectivity index (χ1n) is 7.62. The van der Waals surface area contributed by atoms with E-state index in [1.54, 1.807) is 0 Å². The molecule has 0 aliphatic heterocycles. The van der Waals surface area contributed by atoms with Crippen molar-refractivity contribution in [2.45, 2.75) is 33.1 Å². The molecule has 21 heavy (non-hydrogen) atoms. The number of nitrogens with one attached hydrogen (secondary N) is 1. The first-order chi connectivity index (χ1) is 10.1. The van der Waals surface area contributed by atoms with Crippen LogP contribution < -0.4 is 5.32 Å². The van der Waals surface area contributed by atoms with E-state index in [4.69, 9.17) is 0 Å². The monoisotopic (exact) mass is 345 g/mol. The maximum absolute atomic E-state index is 3.52. The van der Waals surface area contributed by atoms with Crippen molar-refractivity contribution >= 4 is 15.9 Å². The molecular formula is C19H24BrN. The standard InChI is InChI=1S/C19H24BrN/c1-4-21-13-18(16-7-9-19(20)10-8-16)12-17-11-14(2)5-6-15(17)3/h5-11,18,21H,4,12-13H2,1-3H3. The SMILES string of the molecule is CCNCC(Cc1cc(C)ccc1C)c1ccc(Br)cc1. The maximum Gasteiger partial charge on any atom is 0.0175 e. The Morgan fingerprint density at radius 2 is 1.76 bits per heavy atom. The highest BCUT2D eigenvalue weighted by Crippen LogP contribution is 2.24. The van der Waals surface area contributed by atoms with Gasteiger partial charge in [-0.3, -0.25) is 0 Å². The molecule has 0 radical (unpaired) electrons. The summed E-state index contributed by atoms with van der Waals surface area (Å²) in [6, 6.07) is 15.5. The summed E-state index contributed by atoms with van der Waals surface area (Å²) in [5, 5.41) is 3.50. The van der Waals surface area contributed by atoms with E-state index >= 15 is 0 Å². The molecule has 0 aromatic heterocycles. The molecule has 0 bridgehead atoms. The summed E-state index contributed by atoms with van der Waals surface area (Å²) in [6.45, 7) is 8.57. The highest BCUT2D eigenvalue weighted by atomic mass is 79.9. The Kier molecular flexibility index (Phi) is 6.01. The summed E-state index contributed by atoms with van der Waals surface area (Å²) < 4.78 is 1.14. The number of aryl methyl sites for hydroxylation is 2. The number of hydrogen-bond donors (Lipinski definition) is 1. The third-order valence-corrected chi connectivity index (χ3v) is 4.48. The Labute approximate surface area is 136 Å². The summed E-state index contributed by atoms with van der Waals surface area (Å²) in [4.78, 5) is 0. The van der Waals surface area contributed by atoms with Crippen molar-refractivity contribution in [3.8, 4) is 0 Å². The lowest BCUT2D eigenvalue weighted by atomic mass is 9.89. The number of halogens is 1. The van der Waals surface area contributed by atoms with Gasteiger partial charge >= 0.3 is 0 Å². The normalized spacial score (nSPS) is 12.4. The molecule has 0 saturated carbocycles. The first kappa shape index (κ1) is 16.3. The van der Waals surface area contributed by atoms with E-state index in [1.165, 1.54) is 22.3 Å². The Morgan fingerprint density at radius 3 is 2.43 bits per heavy atom. The van der Waals surface area contributed by atoms with Crippen LogP contribution in [0.25, 0.3) is 0 Å². The molecule has 1 nitrogen and oxygen atoms in total. The van der Waals surface area contributed by atoms with Gasteiger partial charge in [-0.25, -0.2) is 0 Å². The van der Waals surface area contributed by atoms with Gasteiger partial charge in [-0.1, -0.05) is 58.7 Å². The van der Waals surface area contributed by atoms with Crippen LogP contribution >= 0.6 is 15.9 Å². The lowest BCUT2D eigenvalue weighted by Gasteiger charge is -2.19. The molecule has 0 fully saturated rings. The Balaban J connectivity index is 2.23. The molecule has 0 aliphatic rings. The average Bonchev–Trinajstić information content (AvgIpc) is 2.48. The van der Waals surface area contributed by atoms with E-state index in [2.05, 4.69) is 84.5 Å². The Hall–Kier alpha value is -1.12. The van der Waals surface area contributed by atoms with Crippen molar-refractivity contribution in [3.63, 3.8) is 0 Å². The van der Waals surface area contributed by atoms with Crippen LogP contribution in [0.2, 0.25) is 0 Å². The van der Waals surface area contributed by atoms with Crippen molar-refractivity contribution < 1.29 is 0 Å². The lowest BCUT2D eigenvalue weighted by Crippen LogP contribution is -2.23. The van der Waals surface area contributed by atoms with Crippen LogP contribution in [0.1, 0.15) is 35.1 Å². The second-order valence-corrected chi connectivity index (χ2v) is 6.61. The van der Waals surface area contributed by atoms with Gasteiger partial charge < -0.3 is 5.32 Å². The van der Waals surface area contributed by atoms with Crippen LogP contribution in [-0.2, 0) is 6.42 Å². The van der Waals surface area contributed by atoms with Gasteiger partial charge in [0.05, 0.1) is 0 Å². The summed E-state index contributed by atoms with van der Waals surface area (Å²) in [5.41, 5.74) is 5.59. The molecule has 1 N–H and O–H groups in total. The number of hydrogen-bond acceptors (Lipinski definition) is 1. The summed E-state index contributed by atoms with van der Waals surface area (Å²) in [7, 11) is 0. The van der Waals surface area contributed by atoms with Crippen LogP contribution in [0, 0.1) is 13.8 Å². The van der Waals surface area contributed by atoms with E-state index in [0.29, 0.717) is 5.92 Å². The van der Waals surface area contributed by atoms with Crippen molar-refractivity contribution in [3.05, 3.63) is 69.2 Å². The molecule has 1 unspecified atom stereocenters. The van der Waals surface area contributed by atoms with Gasteiger partial charge in [-0.05, 0) is 55.6 Å². The quantitative estimate of drug-likeness (QED) is 0.776. The zero-order chi connectivity index (χ0) is 15.2. The van der Waals surface area contributed by atoms with Crippen LogP contribution in [0.5, 0.6) is 0 Å². The molecule has 0 aliphatic carbocycles. The Morgan fingerprint density at radius 1 is 1.05 bits per heavy atom. The largest absolute Gasteiger partial charge is 0.316 e. The third kappa shape index (κ3) is 4.69. The predicted octanol–water partition coefficient (Wildman–Crippen LogP) is 5.00. The molecular weight excluding hydrogens is 322 g/mol. The van der Waals surface area contributed by atoms with Crippen LogP contribution in [0.15, 0.2) is 46.9 Å². The fourth-order valence-electron chi connectivity index (χ4n) is 2.65. The van der Waals surface area contributed by atoms with Gasteiger partial charge in [0, 0.05) is 16.9 Å². The number of benzene rings is 2. The molecule has 0 saturated heterocycles. The smallest absolute Gasteiger partial charge is 0.0175 e. The van der Waals surface area contributed by atoms with Gasteiger partial charge in [0.1, 0.15) is 0 Å². The second kappa shape index (κ2) is 7.77. The summed E-state index contributed by atoms with van der Waals surface area (Å²) in [6.07, 6.45) is 1.09. The van der Waals surface area contributed by atoms with Gasteiger partial charge in [-0.2, -0.15) is 0 Å². The highest BCUT2D eigenvalue weighted by Gasteiger charge is 2.13. The lowest BCUT2D eigenvalue weighted by molar-refractivity contribution is 0.593. The Bertz CT molecular complexity index is 575. The van der Waals surface area contributed by atoms with Crippen molar-refractivity contribution in [1.29, 1.82) is 0 Å². The van der Waals surface area contributed by atoms with Crippen molar-refractivity contribution in [1.82, 2.24) is 5.32 Å². The minimum absolute atomic E-state index is 0.513. The van der Waals surface area contributed by atoms with Crippen molar-refractivity contribution in [2.24, 2.45) is 0 Å². The zero-order valence-electron chi connectivity index (χ0n) is 13.1. The number of likely N-dealkylation sites (N-methyl/N-ethyl adjacent to an activating group) is 1. The molecule has 0 spiro atoms. The molecule has 2 rings (SSSR count). The molecule has 2 heteroatoms. The minimum atomic E-state index is 0.513. The first-order valence-corrected chi connectivity index (χ1v) is 8.41. The van der Waals surface area contributed by atoms with Crippen molar-refractivity contribution in [2.75, 3.05) is 13.1 Å². The van der Waals surface area contributed by atoms with Gasteiger partial charge in [0.2, 0.25) is 0 Å². The van der Waals surface area contributed by atoms with E-state index < -0.39 is 0 Å².